The standard InChI is InChI=1S/C31H37ClF3N3O5/c32-27-19-22(8-9-26(27)28(40)38-14-4-7-23(38)20-39)36-15-10-24(11-16-36)43-25-12-17-37(18-13-25)29(41)30(42,31(33,34)35)21-5-2-1-3-6-21/h1-3,5-6,8-9,19,23-25,39,42H,4,7,10-18,20H2/t23-,30+/m0/s1. The monoisotopic (exact) mass is 623 g/mol. The smallest absolute Gasteiger partial charge is 0.394 e. The van der Waals surface area contributed by atoms with Crippen molar-refractivity contribution in [2.75, 3.05) is 44.2 Å². The molecule has 0 aromatic heterocycles. The molecule has 5 rings (SSSR count). The molecule has 0 radical (unpaired) electrons. The molecule has 0 saturated carbocycles. The molecule has 3 heterocycles. The predicted molar refractivity (Wildman–Crippen MR) is 155 cm³/mol. The van der Waals surface area contributed by atoms with Gasteiger partial charge in [-0.2, -0.15) is 13.2 Å². The highest BCUT2D eigenvalue weighted by Crippen LogP contribution is 2.41. The van der Waals surface area contributed by atoms with Gasteiger partial charge in [0.05, 0.1) is 35.4 Å². The number of likely N-dealkylation sites (tertiary alicyclic amines) is 2. The Morgan fingerprint density at radius 3 is 2.12 bits per heavy atom. The van der Waals surface area contributed by atoms with Gasteiger partial charge in [-0.15, -0.1) is 0 Å². The number of nitrogens with zero attached hydrogens (tertiary/aromatic N) is 3. The van der Waals surface area contributed by atoms with E-state index in [1.807, 2.05) is 6.07 Å². The SMILES string of the molecule is O=C(c1ccc(N2CCC(OC3CCN(C(=O)[C@](O)(c4ccccc4)C(F)(F)F)CC3)CC2)cc1Cl)N1CCC[C@H]1CO. The number of alkyl halides is 3. The maximum Gasteiger partial charge on any atom is 0.430 e. The summed E-state index contributed by atoms with van der Waals surface area (Å²) in [5.74, 6) is -1.53. The lowest BCUT2D eigenvalue weighted by molar-refractivity contribution is -0.262. The summed E-state index contributed by atoms with van der Waals surface area (Å²) >= 11 is 6.52. The molecule has 43 heavy (non-hydrogen) atoms. The summed E-state index contributed by atoms with van der Waals surface area (Å²) in [6.45, 7) is 2.08. The Morgan fingerprint density at radius 1 is 0.907 bits per heavy atom. The quantitative estimate of drug-likeness (QED) is 0.476. The zero-order valence-corrected chi connectivity index (χ0v) is 24.6. The molecule has 3 saturated heterocycles. The number of hydrogen-bond acceptors (Lipinski definition) is 6. The second-order valence-electron chi connectivity index (χ2n) is 11.5. The van der Waals surface area contributed by atoms with Gasteiger partial charge in [-0.3, -0.25) is 9.59 Å². The first-order chi connectivity index (χ1) is 20.5. The fourth-order valence-electron chi connectivity index (χ4n) is 6.36. The Morgan fingerprint density at radius 2 is 1.53 bits per heavy atom. The summed E-state index contributed by atoms with van der Waals surface area (Å²) in [6, 6.07) is 11.7. The summed E-state index contributed by atoms with van der Waals surface area (Å²) in [5, 5.41) is 20.6. The third kappa shape index (κ3) is 6.50. The molecular formula is C31H37ClF3N3O5. The number of rotatable bonds is 7. The van der Waals surface area contributed by atoms with E-state index in [1.165, 1.54) is 18.2 Å². The van der Waals surface area contributed by atoms with Crippen LogP contribution in [0.4, 0.5) is 18.9 Å². The summed E-state index contributed by atoms with van der Waals surface area (Å²) in [5.41, 5.74) is -2.77. The van der Waals surface area contributed by atoms with Crippen LogP contribution in [0.1, 0.15) is 54.4 Å². The second-order valence-corrected chi connectivity index (χ2v) is 11.9. The van der Waals surface area contributed by atoms with Gasteiger partial charge >= 0.3 is 6.18 Å². The molecule has 0 spiro atoms. The van der Waals surface area contributed by atoms with Crippen molar-refractivity contribution in [3.05, 3.63) is 64.7 Å². The van der Waals surface area contributed by atoms with Crippen molar-refractivity contribution in [3.8, 4) is 0 Å². The van der Waals surface area contributed by atoms with Gasteiger partial charge in [-0.25, -0.2) is 0 Å². The first-order valence-corrected chi connectivity index (χ1v) is 15.2. The lowest BCUT2D eigenvalue weighted by Gasteiger charge is -2.40. The highest BCUT2D eigenvalue weighted by atomic mass is 35.5. The number of anilines is 1. The summed E-state index contributed by atoms with van der Waals surface area (Å²) in [4.78, 5) is 30.9. The number of hydrogen-bond donors (Lipinski definition) is 2. The molecule has 2 atom stereocenters. The van der Waals surface area contributed by atoms with Crippen LogP contribution in [-0.2, 0) is 15.1 Å². The zero-order valence-electron chi connectivity index (χ0n) is 23.8. The third-order valence-electron chi connectivity index (χ3n) is 8.86. The van der Waals surface area contributed by atoms with Crippen molar-refractivity contribution >= 4 is 29.1 Å². The van der Waals surface area contributed by atoms with Gasteiger partial charge in [-0.1, -0.05) is 41.9 Å². The number of amides is 2. The van der Waals surface area contributed by atoms with Crippen molar-refractivity contribution in [1.82, 2.24) is 9.80 Å². The zero-order chi connectivity index (χ0) is 30.8. The lowest BCUT2D eigenvalue weighted by Crippen LogP contribution is -2.57. The number of halogens is 4. The molecule has 0 unspecified atom stereocenters. The first kappa shape index (κ1) is 31.6. The molecule has 8 nitrogen and oxygen atoms in total. The van der Waals surface area contributed by atoms with Crippen molar-refractivity contribution < 1.29 is 37.7 Å². The van der Waals surface area contributed by atoms with E-state index in [0.717, 1.165) is 48.4 Å². The van der Waals surface area contributed by atoms with E-state index in [9.17, 15) is 33.0 Å². The Kier molecular flexibility index (Phi) is 9.55. The Balaban J connectivity index is 1.12. The fourth-order valence-corrected chi connectivity index (χ4v) is 6.61. The van der Waals surface area contributed by atoms with Gasteiger partial charge < -0.3 is 29.6 Å². The van der Waals surface area contributed by atoms with Gasteiger partial charge in [-0.05, 0) is 56.7 Å². The van der Waals surface area contributed by atoms with E-state index in [-0.39, 0.29) is 43.9 Å². The van der Waals surface area contributed by atoms with Crippen LogP contribution in [-0.4, -0.2) is 95.6 Å². The number of ether oxygens (including phenoxy) is 1. The largest absolute Gasteiger partial charge is 0.430 e. The third-order valence-corrected chi connectivity index (χ3v) is 9.18. The van der Waals surface area contributed by atoms with Crippen LogP contribution >= 0.6 is 11.6 Å². The molecule has 3 aliphatic rings. The van der Waals surface area contributed by atoms with E-state index in [2.05, 4.69) is 4.90 Å². The van der Waals surface area contributed by atoms with E-state index < -0.39 is 23.2 Å². The lowest BCUT2D eigenvalue weighted by atomic mass is 9.90. The maximum absolute atomic E-state index is 13.9. The van der Waals surface area contributed by atoms with Crippen LogP contribution in [0.15, 0.2) is 48.5 Å². The maximum atomic E-state index is 13.9. The average molecular weight is 624 g/mol. The van der Waals surface area contributed by atoms with Crippen molar-refractivity contribution in [2.24, 2.45) is 0 Å². The predicted octanol–water partition coefficient (Wildman–Crippen LogP) is 4.36. The van der Waals surface area contributed by atoms with Crippen LogP contribution in [0.5, 0.6) is 0 Å². The highest BCUT2D eigenvalue weighted by Gasteiger charge is 2.62. The molecule has 12 heteroatoms. The topological polar surface area (TPSA) is 93.5 Å². The van der Waals surface area contributed by atoms with E-state index >= 15 is 0 Å². The molecule has 3 fully saturated rings. The molecule has 234 valence electrons. The van der Waals surface area contributed by atoms with Crippen LogP contribution in [0.25, 0.3) is 0 Å². The molecule has 2 N–H and O–H groups in total. The molecule has 3 aliphatic heterocycles. The minimum atomic E-state index is -5.16. The van der Waals surface area contributed by atoms with Crippen molar-refractivity contribution in [1.29, 1.82) is 0 Å². The molecule has 0 bridgehead atoms. The molecular weight excluding hydrogens is 587 g/mol. The van der Waals surface area contributed by atoms with Gasteiger partial charge in [0.25, 0.3) is 17.4 Å². The van der Waals surface area contributed by atoms with E-state index in [4.69, 9.17) is 16.3 Å². The van der Waals surface area contributed by atoms with Crippen molar-refractivity contribution in [3.63, 3.8) is 0 Å². The Bertz CT molecular complexity index is 1280. The molecule has 2 amide bonds. The minimum Gasteiger partial charge on any atom is -0.394 e. The summed E-state index contributed by atoms with van der Waals surface area (Å²) in [7, 11) is 0. The van der Waals surface area contributed by atoms with Gasteiger partial charge in [0.2, 0.25) is 0 Å². The molecule has 2 aromatic carbocycles. The van der Waals surface area contributed by atoms with Gasteiger partial charge in [0.15, 0.2) is 0 Å². The summed E-state index contributed by atoms with van der Waals surface area (Å²) < 4.78 is 48.1. The van der Waals surface area contributed by atoms with E-state index in [1.54, 1.807) is 17.0 Å². The Hall–Kier alpha value is -2.86. The van der Waals surface area contributed by atoms with Gasteiger partial charge in [0, 0.05) is 44.0 Å². The number of aliphatic hydroxyl groups is 2. The number of piperidine rings is 2. The minimum absolute atomic E-state index is 0.0261. The second kappa shape index (κ2) is 13.0. The first-order valence-electron chi connectivity index (χ1n) is 14.8. The number of benzene rings is 2. The van der Waals surface area contributed by atoms with E-state index in [0.29, 0.717) is 43.1 Å². The fraction of sp³-hybridized carbons (Fsp3) is 0.548. The van der Waals surface area contributed by atoms with Crippen LogP contribution in [0.3, 0.4) is 0 Å². The Labute approximate surface area is 254 Å². The summed E-state index contributed by atoms with van der Waals surface area (Å²) in [6.07, 6.45) is -1.49. The van der Waals surface area contributed by atoms with Crippen LogP contribution < -0.4 is 4.90 Å². The number of carbonyl (C=O) groups is 2. The molecule has 0 aliphatic carbocycles. The van der Waals surface area contributed by atoms with Gasteiger partial charge in [0.1, 0.15) is 0 Å². The van der Waals surface area contributed by atoms with Crippen LogP contribution in [0.2, 0.25) is 5.02 Å². The highest BCUT2D eigenvalue weighted by molar-refractivity contribution is 6.34. The van der Waals surface area contributed by atoms with Crippen molar-refractivity contribution in [2.45, 2.75) is 68.6 Å². The average Bonchev–Trinajstić information content (AvgIpc) is 3.50. The number of carbonyl (C=O) groups excluding carboxylic acids is 2. The number of aliphatic hydroxyl groups excluding tert-OH is 1. The normalized spacial score (nSPS) is 22.1. The molecule has 2 aromatic rings. The van der Waals surface area contributed by atoms with Crippen LogP contribution in [0, 0.1) is 0 Å².